The lowest BCUT2D eigenvalue weighted by Crippen LogP contribution is -1.97. The van der Waals surface area contributed by atoms with Crippen molar-refractivity contribution in [3.05, 3.63) is 64.2 Å². The van der Waals surface area contributed by atoms with Gasteiger partial charge >= 0.3 is 0 Å². The van der Waals surface area contributed by atoms with Crippen molar-refractivity contribution < 1.29 is 4.74 Å². The molecule has 0 heterocycles. The van der Waals surface area contributed by atoms with Crippen LogP contribution in [0, 0.1) is 18.3 Å². The molecule has 2 nitrogen and oxygen atoms in total. The second-order valence-electron chi connectivity index (χ2n) is 4.00. The lowest BCUT2D eigenvalue weighted by molar-refractivity contribution is 0.305. The van der Waals surface area contributed by atoms with Crippen LogP contribution in [0.15, 0.2) is 42.5 Å². The number of benzene rings is 2. The van der Waals surface area contributed by atoms with E-state index in [0.29, 0.717) is 22.9 Å². The maximum Gasteiger partial charge on any atom is 0.139 e. The van der Waals surface area contributed by atoms with Crippen molar-refractivity contribution in [1.29, 1.82) is 5.26 Å². The van der Waals surface area contributed by atoms with Crippen LogP contribution in [-0.2, 0) is 6.61 Å². The Hall–Kier alpha value is -1.98. The molecule has 0 saturated carbocycles. The van der Waals surface area contributed by atoms with Gasteiger partial charge in [-0.3, -0.25) is 0 Å². The van der Waals surface area contributed by atoms with Crippen molar-refractivity contribution >= 4 is 11.6 Å². The molecule has 0 radical (unpaired) electrons. The van der Waals surface area contributed by atoms with Gasteiger partial charge in [-0.1, -0.05) is 47.5 Å². The van der Waals surface area contributed by atoms with Gasteiger partial charge in [0.1, 0.15) is 24.0 Å². The summed E-state index contributed by atoms with van der Waals surface area (Å²) < 4.78 is 5.63. The first-order valence-corrected chi connectivity index (χ1v) is 5.95. The van der Waals surface area contributed by atoms with E-state index >= 15 is 0 Å². The highest BCUT2D eigenvalue weighted by Gasteiger charge is 2.07. The highest BCUT2D eigenvalue weighted by Crippen LogP contribution is 2.26. The summed E-state index contributed by atoms with van der Waals surface area (Å²) in [4.78, 5) is 0. The van der Waals surface area contributed by atoms with Crippen molar-refractivity contribution in [2.24, 2.45) is 0 Å². The lowest BCUT2D eigenvalue weighted by atomic mass is 10.1. The maximum absolute atomic E-state index is 9.02. The zero-order valence-electron chi connectivity index (χ0n) is 9.98. The molecule has 2 aromatic carbocycles. The van der Waals surface area contributed by atoms with Crippen LogP contribution >= 0.6 is 11.6 Å². The average Bonchev–Trinajstić information content (AvgIpc) is 2.38. The molecule has 90 valence electrons. The Kier molecular flexibility index (Phi) is 3.86. The molecule has 0 aliphatic heterocycles. The van der Waals surface area contributed by atoms with Gasteiger partial charge in [0.15, 0.2) is 0 Å². The fourth-order valence-electron chi connectivity index (χ4n) is 1.58. The third-order valence-corrected chi connectivity index (χ3v) is 2.92. The first-order valence-electron chi connectivity index (χ1n) is 5.57. The molecular formula is C15H12ClNO. The Bertz CT molecular complexity index is 584. The standard InChI is InChI=1S/C15H12ClNO/c1-11-5-7-12(8-6-11)10-18-15-4-2-3-14(16)13(15)9-17/h2-8H,10H2,1H3. The van der Waals surface area contributed by atoms with Gasteiger partial charge in [0.2, 0.25) is 0 Å². The van der Waals surface area contributed by atoms with E-state index in [4.69, 9.17) is 21.6 Å². The lowest BCUT2D eigenvalue weighted by Gasteiger charge is -2.08. The molecule has 0 saturated heterocycles. The molecule has 0 unspecified atom stereocenters. The normalized spacial score (nSPS) is 9.83. The van der Waals surface area contributed by atoms with Gasteiger partial charge in [0, 0.05) is 0 Å². The zero-order chi connectivity index (χ0) is 13.0. The Labute approximate surface area is 111 Å². The minimum Gasteiger partial charge on any atom is -0.487 e. The Balaban J connectivity index is 2.14. The summed E-state index contributed by atoms with van der Waals surface area (Å²) in [5.41, 5.74) is 2.65. The summed E-state index contributed by atoms with van der Waals surface area (Å²) in [6.07, 6.45) is 0. The van der Waals surface area contributed by atoms with Gasteiger partial charge in [0.05, 0.1) is 5.02 Å². The topological polar surface area (TPSA) is 33.0 Å². The van der Waals surface area contributed by atoms with Gasteiger partial charge in [-0.25, -0.2) is 0 Å². The number of nitriles is 1. The first-order chi connectivity index (χ1) is 8.70. The molecular weight excluding hydrogens is 246 g/mol. The van der Waals surface area contributed by atoms with E-state index < -0.39 is 0 Å². The van der Waals surface area contributed by atoms with Crippen molar-refractivity contribution in [2.75, 3.05) is 0 Å². The number of nitrogens with zero attached hydrogens (tertiary/aromatic N) is 1. The molecule has 18 heavy (non-hydrogen) atoms. The monoisotopic (exact) mass is 257 g/mol. The van der Waals surface area contributed by atoms with E-state index in [1.807, 2.05) is 31.2 Å². The molecule has 0 aliphatic carbocycles. The van der Waals surface area contributed by atoms with Crippen molar-refractivity contribution in [3.8, 4) is 11.8 Å². The van der Waals surface area contributed by atoms with E-state index in [-0.39, 0.29) is 0 Å². The molecule has 2 rings (SSSR count). The average molecular weight is 258 g/mol. The molecule has 0 amide bonds. The highest BCUT2D eigenvalue weighted by molar-refractivity contribution is 6.31. The second kappa shape index (κ2) is 5.57. The maximum atomic E-state index is 9.02. The third-order valence-electron chi connectivity index (χ3n) is 2.60. The van der Waals surface area contributed by atoms with Gasteiger partial charge in [-0.05, 0) is 24.6 Å². The van der Waals surface area contributed by atoms with Crippen molar-refractivity contribution in [2.45, 2.75) is 13.5 Å². The quantitative estimate of drug-likeness (QED) is 0.829. The third kappa shape index (κ3) is 2.82. The SMILES string of the molecule is Cc1ccc(COc2cccc(Cl)c2C#N)cc1. The number of ether oxygens (including phenoxy) is 1. The van der Waals surface area contributed by atoms with Crippen molar-refractivity contribution in [3.63, 3.8) is 0 Å². The summed E-state index contributed by atoms with van der Waals surface area (Å²) in [6, 6.07) is 15.3. The van der Waals surface area contributed by atoms with Crippen molar-refractivity contribution in [1.82, 2.24) is 0 Å². The fourth-order valence-corrected chi connectivity index (χ4v) is 1.79. The smallest absolute Gasteiger partial charge is 0.139 e. The van der Waals surface area contributed by atoms with Gasteiger partial charge in [0.25, 0.3) is 0 Å². The second-order valence-corrected chi connectivity index (χ2v) is 4.41. The number of hydrogen-bond acceptors (Lipinski definition) is 2. The molecule has 0 atom stereocenters. The fraction of sp³-hybridized carbons (Fsp3) is 0.133. The molecule has 0 fully saturated rings. The van der Waals surface area contributed by atoms with Crippen LogP contribution < -0.4 is 4.74 Å². The zero-order valence-corrected chi connectivity index (χ0v) is 10.7. The molecule has 2 aromatic rings. The summed E-state index contributed by atoms with van der Waals surface area (Å²) >= 11 is 5.93. The van der Waals surface area contributed by atoms with Crippen LogP contribution in [0.4, 0.5) is 0 Å². The predicted molar refractivity (Wildman–Crippen MR) is 71.7 cm³/mol. The minimum atomic E-state index is 0.381. The van der Waals surface area contributed by atoms with E-state index in [0.717, 1.165) is 5.56 Å². The van der Waals surface area contributed by atoms with Crippen LogP contribution in [-0.4, -0.2) is 0 Å². The van der Waals surface area contributed by atoms with Gasteiger partial charge < -0.3 is 4.74 Å². The number of rotatable bonds is 3. The Morgan fingerprint density at radius 2 is 1.89 bits per heavy atom. The molecule has 0 spiro atoms. The molecule has 0 aliphatic rings. The van der Waals surface area contributed by atoms with Crippen LogP contribution in [0.2, 0.25) is 5.02 Å². The van der Waals surface area contributed by atoms with E-state index in [9.17, 15) is 0 Å². The van der Waals surface area contributed by atoms with Crippen LogP contribution in [0.3, 0.4) is 0 Å². The van der Waals surface area contributed by atoms with Gasteiger partial charge in [-0.15, -0.1) is 0 Å². The first kappa shape index (κ1) is 12.5. The largest absolute Gasteiger partial charge is 0.487 e. The molecule has 0 bridgehead atoms. The number of halogens is 1. The number of hydrogen-bond donors (Lipinski definition) is 0. The predicted octanol–water partition coefficient (Wildman–Crippen LogP) is 4.10. The summed E-state index contributed by atoms with van der Waals surface area (Å²) in [5.74, 6) is 0.519. The van der Waals surface area contributed by atoms with Crippen LogP contribution in [0.1, 0.15) is 16.7 Å². The van der Waals surface area contributed by atoms with Crippen LogP contribution in [0.25, 0.3) is 0 Å². The molecule has 0 aromatic heterocycles. The van der Waals surface area contributed by atoms with E-state index in [1.54, 1.807) is 18.2 Å². The summed E-state index contributed by atoms with van der Waals surface area (Å²) in [7, 11) is 0. The van der Waals surface area contributed by atoms with E-state index in [1.165, 1.54) is 5.56 Å². The van der Waals surface area contributed by atoms with Gasteiger partial charge in [-0.2, -0.15) is 5.26 Å². The highest BCUT2D eigenvalue weighted by atomic mass is 35.5. The van der Waals surface area contributed by atoms with Crippen LogP contribution in [0.5, 0.6) is 5.75 Å². The number of aryl methyl sites for hydroxylation is 1. The summed E-state index contributed by atoms with van der Waals surface area (Å²) in [5, 5.41) is 9.43. The summed E-state index contributed by atoms with van der Waals surface area (Å²) in [6.45, 7) is 2.46. The molecule has 3 heteroatoms. The Morgan fingerprint density at radius 3 is 2.56 bits per heavy atom. The van der Waals surface area contributed by atoms with E-state index in [2.05, 4.69) is 6.07 Å². The Morgan fingerprint density at radius 1 is 1.17 bits per heavy atom. The molecule has 0 N–H and O–H groups in total. The minimum absolute atomic E-state index is 0.381.